The van der Waals surface area contributed by atoms with Crippen molar-refractivity contribution in [1.29, 1.82) is 0 Å². The molecular weight excluding hydrogens is 367 g/mol. The van der Waals surface area contributed by atoms with Crippen LogP contribution in [0.1, 0.15) is 35.2 Å². The zero-order chi connectivity index (χ0) is 20.1. The lowest BCUT2D eigenvalue weighted by Gasteiger charge is -2.26. The number of likely N-dealkylation sites (tertiary alicyclic amines) is 1. The molecule has 1 aliphatic heterocycles. The first-order valence-electron chi connectivity index (χ1n) is 9.92. The van der Waals surface area contributed by atoms with Crippen molar-refractivity contribution in [2.75, 3.05) is 13.1 Å². The summed E-state index contributed by atoms with van der Waals surface area (Å²) >= 11 is 0. The molecule has 1 fully saturated rings. The minimum Gasteiger partial charge on any atom is -0.488 e. The van der Waals surface area contributed by atoms with Crippen LogP contribution >= 0.6 is 0 Å². The van der Waals surface area contributed by atoms with Gasteiger partial charge in [0.1, 0.15) is 18.2 Å². The quantitative estimate of drug-likeness (QED) is 0.609. The average molecular weight is 390 g/mol. The summed E-state index contributed by atoms with van der Waals surface area (Å²) in [6.07, 6.45) is 6.16. The van der Waals surface area contributed by atoms with Gasteiger partial charge in [0.05, 0.1) is 6.20 Å². The molecule has 1 amide bonds. The Balaban J connectivity index is 1.44. The Hall–Kier alpha value is -3.21. The molecule has 0 atom stereocenters. The lowest BCUT2D eigenvalue weighted by Crippen LogP contribution is -2.35. The normalized spacial score (nSPS) is 13.9. The van der Waals surface area contributed by atoms with E-state index in [2.05, 4.69) is 4.98 Å². The number of carbonyl (C=O) groups is 1. The second-order valence-electron chi connectivity index (χ2n) is 7.23. The molecule has 4 nitrogen and oxygen atoms in total. The fourth-order valence-corrected chi connectivity index (χ4v) is 3.57. The molecule has 29 heavy (non-hydrogen) atoms. The Kier molecular flexibility index (Phi) is 5.84. The van der Waals surface area contributed by atoms with E-state index >= 15 is 0 Å². The van der Waals surface area contributed by atoms with E-state index in [1.54, 1.807) is 6.20 Å². The number of rotatable bonds is 5. The van der Waals surface area contributed by atoms with Crippen LogP contribution in [0.2, 0.25) is 0 Å². The summed E-state index contributed by atoms with van der Waals surface area (Å²) in [4.78, 5) is 18.4. The molecule has 3 aromatic rings. The number of para-hydroxylation sites is 1. The van der Waals surface area contributed by atoms with Gasteiger partial charge in [0.2, 0.25) is 0 Å². The van der Waals surface area contributed by atoms with Gasteiger partial charge in [-0.1, -0.05) is 30.3 Å². The fraction of sp³-hybridized carbons (Fsp3) is 0.250. The number of hydrogen-bond acceptors (Lipinski definition) is 3. The predicted molar refractivity (Wildman–Crippen MR) is 110 cm³/mol. The molecule has 1 saturated heterocycles. The predicted octanol–water partition coefficient (Wildman–Crippen LogP) is 5.09. The van der Waals surface area contributed by atoms with Gasteiger partial charge in [-0.05, 0) is 49.1 Å². The number of amides is 1. The number of pyridine rings is 1. The number of aromatic nitrogens is 1. The Bertz CT molecular complexity index is 982. The standard InChI is InChI=1S/C24H23FN2O2/c25-21-14-20(15-26-16-21)22-6-2-3-7-23(22)29-17-18-8-10-19(11-9-18)24(28)27-12-4-1-5-13-27/h2-3,6-11,14-16H,1,4-5,12-13,17H2. The van der Waals surface area contributed by atoms with E-state index in [1.165, 1.54) is 18.7 Å². The summed E-state index contributed by atoms with van der Waals surface area (Å²) < 4.78 is 19.5. The summed E-state index contributed by atoms with van der Waals surface area (Å²) in [7, 11) is 0. The van der Waals surface area contributed by atoms with Gasteiger partial charge in [0, 0.05) is 36.0 Å². The molecule has 0 bridgehead atoms. The summed E-state index contributed by atoms with van der Waals surface area (Å²) in [6, 6.07) is 16.5. The van der Waals surface area contributed by atoms with Crippen LogP contribution in [0.4, 0.5) is 4.39 Å². The molecule has 1 aliphatic rings. The first kappa shape index (κ1) is 19.1. The molecule has 2 aromatic carbocycles. The van der Waals surface area contributed by atoms with E-state index in [4.69, 9.17) is 4.74 Å². The first-order valence-corrected chi connectivity index (χ1v) is 9.92. The highest BCUT2D eigenvalue weighted by atomic mass is 19.1. The van der Waals surface area contributed by atoms with Crippen molar-refractivity contribution in [3.63, 3.8) is 0 Å². The second-order valence-corrected chi connectivity index (χ2v) is 7.23. The topological polar surface area (TPSA) is 42.4 Å². The zero-order valence-electron chi connectivity index (χ0n) is 16.2. The lowest BCUT2D eigenvalue weighted by molar-refractivity contribution is 0.0724. The SMILES string of the molecule is O=C(c1ccc(COc2ccccc2-c2cncc(F)c2)cc1)N1CCCCC1. The lowest BCUT2D eigenvalue weighted by atomic mass is 10.1. The third-order valence-corrected chi connectivity index (χ3v) is 5.14. The summed E-state index contributed by atoms with van der Waals surface area (Å²) in [5.41, 5.74) is 3.13. The molecule has 0 unspecified atom stereocenters. The van der Waals surface area contributed by atoms with Crippen LogP contribution in [-0.4, -0.2) is 28.9 Å². The Morgan fingerprint density at radius 3 is 2.52 bits per heavy atom. The Morgan fingerprint density at radius 1 is 1.00 bits per heavy atom. The number of piperidine rings is 1. The van der Waals surface area contributed by atoms with Gasteiger partial charge >= 0.3 is 0 Å². The van der Waals surface area contributed by atoms with E-state index in [9.17, 15) is 9.18 Å². The van der Waals surface area contributed by atoms with Gasteiger partial charge in [-0.25, -0.2) is 4.39 Å². The highest BCUT2D eigenvalue weighted by molar-refractivity contribution is 5.94. The molecule has 1 aromatic heterocycles. The van der Waals surface area contributed by atoms with Gasteiger partial charge < -0.3 is 9.64 Å². The molecule has 5 heteroatoms. The highest BCUT2D eigenvalue weighted by Gasteiger charge is 2.18. The number of benzene rings is 2. The summed E-state index contributed by atoms with van der Waals surface area (Å²) in [6.45, 7) is 2.04. The molecule has 0 N–H and O–H groups in total. The van der Waals surface area contributed by atoms with Crippen LogP contribution in [0.5, 0.6) is 5.75 Å². The van der Waals surface area contributed by atoms with E-state index in [0.717, 1.165) is 37.1 Å². The molecule has 0 saturated carbocycles. The maximum atomic E-state index is 13.5. The molecule has 0 aliphatic carbocycles. The third-order valence-electron chi connectivity index (χ3n) is 5.14. The van der Waals surface area contributed by atoms with E-state index < -0.39 is 0 Å². The molecular formula is C24H23FN2O2. The van der Waals surface area contributed by atoms with Crippen molar-refractivity contribution < 1.29 is 13.9 Å². The van der Waals surface area contributed by atoms with Crippen LogP contribution in [-0.2, 0) is 6.61 Å². The first-order chi connectivity index (χ1) is 14.2. The molecule has 2 heterocycles. The van der Waals surface area contributed by atoms with Crippen LogP contribution in [0.25, 0.3) is 11.1 Å². The van der Waals surface area contributed by atoms with E-state index in [1.807, 2.05) is 53.4 Å². The van der Waals surface area contributed by atoms with Gasteiger partial charge in [-0.15, -0.1) is 0 Å². The zero-order valence-corrected chi connectivity index (χ0v) is 16.2. The Morgan fingerprint density at radius 2 is 1.76 bits per heavy atom. The largest absolute Gasteiger partial charge is 0.488 e. The maximum Gasteiger partial charge on any atom is 0.253 e. The second kappa shape index (κ2) is 8.86. The molecule has 4 rings (SSSR count). The fourth-order valence-electron chi connectivity index (χ4n) is 3.57. The monoisotopic (exact) mass is 390 g/mol. The molecule has 0 spiro atoms. The van der Waals surface area contributed by atoms with Crippen molar-refractivity contribution in [2.24, 2.45) is 0 Å². The number of carbonyl (C=O) groups excluding carboxylic acids is 1. The van der Waals surface area contributed by atoms with Crippen LogP contribution < -0.4 is 4.74 Å². The van der Waals surface area contributed by atoms with Crippen LogP contribution in [0.3, 0.4) is 0 Å². The van der Waals surface area contributed by atoms with E-state index in [0.29, 0.717) is 23.5 Å². The smallest absolute Gasteiger partial charge is 0.253 e. The van der Waals surface area contributed by atoms with Crippen molar-refractivity contribution in [3.05, 3.63) is 83.9 Å². The number of ether oxygens (including phenoxy) is 1. The average Bonchev–Trinajstić information content (AvgIpc) is 2.78. The number of halogens is 1. The van der Waals surface area contributed by atoms with Crippen LogP contribution in [0.15, 0.2) is 67.0 Å². The van der Waals surface area contributed by atoms with Gasteiger partial charge in [0.15, 0.2) is 0 Å². The minimum atomic E-state index is -0.383. The van der Waals surface area contributed by atoms with Crippen molar-refractivity contribution >= 4 is 5.91 Å². The van der Waals surface area contributed by atoms with Crippen molar-refractivity contribution in [3.8, 4) is 16.9 Å². The van der Waals surface area contributed by atoms with Gasteiger partial charge in [-0.2, -0.15) is 0 Å². The summed E-state index contributed by atoms with van der Waals surface area (Å²) in [5, 5.41) is 0. The van der Waals surface area contributed by atoms with Crippen molar-refractivity contribution in [1.82, 2.24) is 9.88 Å². The van der Waals surface area contributed by atoms with Crippen LogP contribution in [0, 0.1) is 5.82 Å². The molecule has 148 valence electrons. The Labute approximate surface area is 170 Å². The van der Waals surface area contributed by atoms with Crippen molar-refractivity contribution in [2.45, 2.75) is 25.9 Å². The number of nitrogens with zero attached hydrogens (tertiary/aromatic N) is 2. The minimum absolute atomic E-state index is 0.0983. The summed E-state index contributed by atoms with van der Waals surface area (Å²) in [5.74, 6) is 0.376. The van der Waals surface area contributed by atoms with Gasteiger partial charge in [0.25, 0.3) is 5.91 Å². The third kappa shape index (κ3) is 4.62. The highest BCUT2D eigenvalue weighted by Crippen LogP contribution is 2.30. The molecule has 0 radical (unpaired) electrons. The van der Waals surface area contributed by atoms with E-state index in [-0.39, 0.29) is 11.7 Å². The number of hydrogen-bond donors (Lipinski definition) is 0. The maximum absolute atomic E-state index is 13.5. The van der Waals surface area contributed by atoms with Gasteiger partial charge in [-0.3, -0.25) is 9.78 Å².